The van der Waals surface area contributed by atoms with Gasteiger partial charge in [0.15, 0.2) is 5.65 Å². The molecule has 0 unspecified atom stereocenters. The molecule has 2 aliphatic rings. The molecule has 2 fully saturated rings. The molecule has 7 rings (SSSR count). The van der Waals surface area contributed by atoms with Crippen LogP contribution in [0.15, 0.2) is 48.7 Å². The number of fused-ring (bicyclic) bond motifs is 2. The smallest absolute Gasteiger partial charge is 0.268 e. The monoisotopic (exact) mass is 527 g/mol. The first-order chi connectivity index (χ1) is 18.4. The van der Waals surface area contributed by atoms with Crippen molar-refractivity contribution in [3.63, 3.8) is 0 Å². The van der Waals surface area contributed by atoms with E-state index < -0.39 is 11.4 Å². The van der Waals surface area contributed by atoms with Crippen LogP contribution in [0.1, 0.15) is 47.8 Å². The lowest BCUT2D eigenvalue weighted by Crippen LogP contribution is -2.48. The number of nitrogens with one attached hydrogen (secondary N) is 1. The maximum absolute atomic E-state index is 12.6. The molecule has 5 aromatic rings. The summed E-state index contributed by atoms with van der Waals surface area (Å²) >= 11 is 6.85. The number of H-pyrrole nitrogens is 1. The summed E-state index contributed by atoms with van der Waals surface area (Å²) in [6.07, 6.45) is 5.67. The average molecular weight is 528 g/mol. The zero-order chi connectivity index (χ0) is 26.0. The van der Waals surface area contributed by atoms with Gasteiger partial charge in [0.25, 0.3) is 5.91 Å². The number of nitrogens with zero attached hydrogens (tertiary/aromatic N) is 6. The van der Waals surface area contributed by atoms with Gasteiger partial charge in [0.1, 0.15) is 11.4 Å². The largest absolute Gasteiger partial charge is 0.364 e. The lowest BCUT2D eigenvalue weighted by atomic mass is 9.82. The highest BCUT2D eigenvalue weighted by atomic mass is 35.5. The Balaban J connectivity index is 1.25. The van der Waals surface area contributed by atoms with Crippen LogP contribution in [-0.2, 0) is 5.54 Å². The molecule has 0 atom stereocenters. The highest BCUT2D eigenvalue weighted by Crippen LogP contribution is 2.40. The van der Waals surface area contributed by atoms with Crippen molar-refractivity contribution in [1.29, 1.82) is 0 Å². The van der Waals surface area contributed by atoms with Gasteiger partial charge >= 0.3 is 0 Å². The molecule has 1 aliphatic carbocycles. The molecule has 3 aromatic heterocycles. The molecule has 0 bridgehead atoms. The van der Waals surface area contributed by atoms with E-state index in [-0.39, 0.29) is 5.69 Å². The first kappa shape index (κ1) is 23.1. The fraction of sp³-hybridized carbons (Fsp3) is 0.296. The molecule has 11 heteroatoms. The Bertz CT molecular complexity index is 1700. The maximum atomic E-state index is 12.6. The van der Waals surface area contributed by atoms with Gasteiger partial charge in [-0.3, -0.25) is 14.6 Å². The highest BCUT2D eigenvalue weighted by Gasteiger charge is 2.34. The predicted octanol–water partition coefficient (Wildman–Crippen LogP) is 3.91. The normalized spacial score (nSPS) is 17.4. The van der Waals surface area contributed by atoms with Crippen LogP contribution >= 0.6 is 11.6 Å². The SMILES string of the molecule is NC(=O)c1nc(N2CCC(N)(c3ccccc3)CC2)nc2[nH]nc(-c3ccc4nn(C5CC5)cc4c3Cl)c12. The summed E-state index contributed by atoms with van der Waals surface area (Å²) < 4.78 is 1.97. The number of halogens is 1. The molecule has 2 aromatic carbocycles. The third kappa shape index (κ3) is 3.71. The summed E-state index contributed by atoms with van der Waals surface area (Å²) in [5.74, 6) is -0.238. The zero-order valence-corrected chi connectivity index (χ0v) is 21.3. The molecule has 0 spiro atoms. The van der Waals surface area contributed by atoms with Crippen LogP contribution in [0.25, 0.3) is 33.2 Å². The third-order valence-electron chi connectivity index (χ3n) is 7.75. The van der Waals surface area contributed by atoms with Crippen LogP contribution in [0.4, 0.5) is 5.95 Å². The minimum absolute atomic E-state index is 0.103. The summed E-state index contributed by atoms with van der Waals surface area (Å²) in [4.78, 5) is 24.0. The number of hydrogen-bond acceptors (Lipinski definition) is 7. The number of hydrogen-bond donors (Lipinski definition) is 3. The Morgan fingerprint density at radius 3 is 2.55 bits per heavy atom. The maximum Gasteiger partial charge on any atom is 0.268 e. The molecule has 1 saturated carbocycles. The van der Waals surface area contributed by atoms with Crippen molar-refractivity contribution < 1.29 is 4.79 Å². The minimum atomic E-state index is -0.658. The summed E-state index contributed by atoms with van der Waals surface area (Å²) in [6.45, 7) is 1.28. The van der Waals surface area contributed by atoms with E-state index in [1.54, 1.807) is 0 Å². The number of carbonyl (C=O) groups excluding carboxylic acids is 1. The number of rotatable bonds is 5. The number of piperidine rings is 1. The van der Waals surface area contributed by atoms with E-state index in [4.69, 9.17) is 28.1 Å². The van der Waals surface area contributed by atoms with Crippen molar-refractivity contribution in [2.45, 2.75) is 37.3 Å². The van der Waals surface area contributed by atoms with Crippen LogP contribution in [0.2, 0.25) is 5.02 Å². The number of benzene rings is 2. The van der Waals surface area contributed by atoms with Crippen molar-refractivity contribution in [3.05, 3.63) is 64.9 Å². The molecule has 1 saturated heterocycles. The molecular weight excluding hydrogens is 502 g/mol. The Kier molecular flexibility index (Phi) is 5.17. The van der Waals surface area contributed by atoms with Crippen LogP contribution in [0.3, 0.4) is 0 Å². The van der Waals surface area contributed by atoms with Crippen LogP contribution in [0, 0.1) is 0 Å². The number of primary amides is 1. The van der Waals surface area contributed by atoms with Crippen molar-refractivity contribution in [1.82, 2.24) is 29.9 Å². The standard InChI is InChI=1S/C27H26ClN9O/c28-21-17(8-9-19-18(21)14-37(35-19)16-6-7-16)22-20-23(24(29)38)31-26(32-25(20)34-33-22)36-12-10-27(30,11-13-36)15-4-2-1-3-5-15/h1-5,8-9,14,16H,6-7,10-13,30H2,(H2,29,38)(H,31,32,33,34). The molecule has 4 heterocycles. The second kappa shape index (κ2) is 8.50. The molecule has 10 nitrogen and oxygen atoms in total. The van der Waals surface area contributed by atoms with Gasteiger partial charge in [0.05, 0.1) is 22.0 Å². The van der Waals surface area contributed by atoms with Gasteiger partial charge in [-0.15, -0.1) is 0 Å². The third-order valence-corrected chi connectivity index (χ3v) is 8.15. The van der Waals surface area contributed by atoms with Gasteiger partial charge in [-0.05, 0) is 43.4 Å². The number of amides is 1. The topological polar surface area (TPSA) is 145 Å². The second-order valence-electron chi connectivity index (χ2n) is 10.2. The van der Waals surface area contributed by atoms with Crippen molar-refractivity contribution in [2.75, 3.05) is 18.0 Å². The summed E-state index contributed by atoms with van der Waals surface area (Å²) in [5.41, 5.74) is 15.8. The molecule has 5 N–H and O–H groups in total. The van der Waals surface area contributed by atoms with Gasteiger partial charge in [0, 0.05) is 35.8 Å². The van der Waals surface area contributed by atoms with Crippen LogP contribution < -0.4 is 16.4 Å². The predicted molar refractivity (Wildman–Crippen MR) is 146 cm³/mol. The van der Waals surface area contributed by atoms with Gasteiger partial charge in [0.2, 0.25) is 5.95 Å². The first-order valence-electron chi connectivity index (χ1n) is 12.7. The van der Waals surface area contributed by atoms with E-state index >= 15 is 0 Å². The van der Waals surface area contributed by atoms with Crippen molar-refractivity contribution in [3.8, 4) is 11.3 Å². The summed E-state index contributed by atoms with van der Waals surface area (Å²) in [5, 5.41) is 13.9. The minimum Gasteiger partial charge on any atom is -0.364 e. The van der Waals surface area contributed by atoms with Crippen LogP contribution in [-0.4, -0.2) is 48.9 Å². The van der Waals surface area contributed by atoms with E-state index in [9.17, 15) is 4.79 Å². The Morgan fingerprint density at radius 1 is 1.08 bits per heavy atom. The van der Waals surface area contributed by atoms with Gasteiger partial charge < -0.3 is 16.4 Å². The van der Waals surface area contributed by atoms with E-state index in [0.29, 0.717) is 52.4 Å². The number of aromatic nitrogens is 6. The molecule has 1 amide bonds. The second-order valence-corrected chi connectivity index (χ2v) is 10.6. The quantitative estimate of drug-likeness (QED) is 0.314. The molecular formula is C27H26ClN9O. The van der Waals surface area contributed by atoms with Gasteiger partial charge in [-0.2, -0.15) is 15.2 Å². The lowest BCUT2D eigenvalue weighted by Gasteiger charge is -2.39. The zero-order valence-electron chi connectivity index (χ0n) is 20.6. The van der Waals surface area contributed by atoms with Gasteiger partial charge in [-0.25, -0.2) is 4.98 Å². The Morgan fingerprint density at radius 2 is 1.84 bits per heavy atom. The molecule has 0 radical (unpaired) electrons. The Hall–Kier alpha value is -4.02. The lowest BCUT2D eigenvalue weighted by molar-refractivity contribution is 0.0997. The van der Waals surface area contributed by atoms with E-state index in [1.165, 1.54) is 0 Å². The first-order valence-corrected chi connectivity index (χ1v) is 13.1. The van der Waals surface area contributed by atoms with Gasteiger partial charge in [-0.1, -0.05) is 41.9 Å². The number of carbonyl (C=O) groups is 1. The highest BCUT2D eigenvalue weighted by molar-refractivity contribution is 6.38. The van der Waals surface area contributed by atoms with Crippen molar-refractivity contribution in [2.24, 2.45) is 11.5 Å². The Labute approximate surface area is 223 Å². The molecule has 192 valence electrons. The fourth-order valence-corrected chi connectivity index (χ4v) is 5.68. The number of aromatic amines is 1. The van der Waals surface area contributed by atoms with E-state index in [0.717, 1.165) is 42.1 Å². The molecule has 1 aliphatic heterocycles. The molecule has 38 heavy (non-hydrogen) atoms. The summed E-state index contributed by atoms with van der Waals surface area (Å²) in [7, 11) is 0. The summed E-state index contributed by atoms with van der Waals surface area (Å²) in [6, 6.07) is 14.3. The number of anilines is 1. The van der Waals surface area contributed by atoms with E-state index in [2.05, 4.69) is 32.4 Å². The van der Waals surface area contributed by atoms with Crippen LogP contribution in [0.5, 0.6) is 0 Å². The average Bonchev–Trinajstić information content (AvgIpc) is 3.55. The number of nitrogens with two attached hydrogens (primary N) is 2. The van der Waals surface area contributed by atoms with E-state index in [1.807, 2.05) is 46.1 Å². The van der Waals surface area contributed by atoms with Crippen molar-refractivity contribution >= 4 is 45.4 Å². The fourth-order valence-electron chi connectivity index (χ4n) is 5.39.